The quantitative estimate of drug-likeness (QED) is 0.394. The van der Waals surface area contributed by atoms with E-state index in [9.17, 15) is 0 Å². The lowest BCUT2D eigenvalue weighted by molar-refractivity contribution is -0.671. The van der Waals surface area contributed by atoms with E-state index in [4.69, 9.17) is 10.1 Å². The third kappa shape index (κ3) is 2.05. The Morgan fingerprint density at radius 3 is 2.58 bits per heavy atom. The van der Waals surface area contributed by atoms with Gasteiger partial charge in [-0.1, -0.05) is 0 Å². The molecule has 1 rings (SSSR count). The van der Waals surface area contributed by atoms with Crippen molar-refractivity contribution >= 4 is 5.90 Å². The Morgan fingerprint density at radius 1 is 1.50 bits per heavy atom. The normalized spacial score (nSPS) is 9.50. The van der Waals surface area contributed by atoms with Crippen LogP contribution >= 0.6 is 0 Å². The molecule has 1 aromatic rings. The predicted octanol–water partition coefficient (Wildman–Crippen LogP) is 0.873. The fourth-order valence-electron chi connectivity index (χ4n) is 0.880. The second-order valence-electron chi connectivity index (χ2n) is 2.51. The zero-order valence-corrected chi connectivity index (χ0v) is 7.37. The summed E-state index contributed by atoms with van der Waals surface area (Å²) in [6.45, 7) is 2.41. The van der Waals surface area contributed by atoms with Gasteiger partial charge in [0, 0.05) is 17.7 Å². The minimum Gasteiger partial charge on any atom is -0.478 e. The van der Waals surface area contributed by atoms with Crippen LogP contribution in [0.2, 0.25) is 0 Å². The highest BCUT2D eigenvalue weighted by molar-refractivity contribution is 5.91. The van der Waals surface area contributed by atoms with E-state index in [2.05, 4.69) is 0 Å². The monoisotopic (exact) mass is 165 g/mol. The standard InChI is InChI=1S/C9H13N2O/c1-3-12-9(10)8-4-6-11(2)7-5-8/h4-7,10H,3H2,1-2H3/q+1. The molecule has 64 valence electrons. The van der Waals surface area contributed by atoms with Crippen molar-refractivity contribution in [1.29, 1.82) is 5.41 Å². The van der Waals surface area contributed by atoms with Gasteiger partial charge in [-0.05, 0) is 6.92 Å². The molecule has 3 nitrogen and oxygen atoms in total. The molecule has 1 heterocycles. The first-order valence-corrected chi connectivity index (χ1v) is 3.91. The molecular weight excluding hydrogens is 152 g/mol. The fourth-order valence-corrected chi connectivity index (χ4v) is 0.880. The molecule has 0 spiro atoms. The van der Waals surface area contributed by atoms with E-state index < -0.39 is 0 Å². The lowest BCUT2D eigenvalue weighted by Gasteiger charge is -2.02. The van der Waals surface area contributed by atoms with Crippen LogP contribution in [-0.4, -0.2) is 12.5 Å². The van der Waals surface area contributed by atoms with E-state index in [1.807, 2.05) is 43.1 Å². The van der Waals surface area contributed by atoms with Gasteiger partial charge in [0.25, 0.3) is 0 Å². The predicted molar refractivity (Wildman–Crippen MR) is 46.1 cm³/mol. The van der Waals surface area contributed by atoms with Gasteiger partial charge in [-0.3, -0.25) is 5.41 Å². The smallest absolute Gasteiger partial charge is 0.213 e. The summed E-state index contributed by atoms with van der Waals surface area (Å²) in [4.78, 5) is 0. The van der Waals surface area contributed by atoms with Gasteiger partial charge in [-0.25, -0.2) is 4.57 Å². The molecule has 1 N–H and O–H groups in total. The third-order valence-corrected chi connectivity index (χ3v) is 1.53. The maximum atomic E-state index is 7.47. The average molecular weight is 165 g/mol. The molecule has 0 aliphatic rings. The zero-order valence-electron chi connectivity index (χ0n) is 7.37. The number of ether oxygens (including phenoxy) is 1. The molecule has 0 radical (unpaired) electrons. The van der Waals surface area contributed by atoms with E-state index in [1.54, 1.807) is 0 Å². The van der Waals surface area contributed by atoms with Gasteiger partial charge in [-0.2, -0.15) is 0 Å². The number of nitrogens with zero attached hydrogens (tertiary/aromatic N) is 1. The van der Waals surface area contributed by atoms with Crippen LogP contribution in [0.4, 0.5) is 0 Å². The molecule has 0 saturated carbocycles. The van der Waals surface area contributed by atoms with E-state index in [0.29, 0.717) is 6.61 Å². The number of hydrogen-bond donors (Lipinski definition) is 1. The molecule has 0 bridgehead atoms. The third-order valence-electron chi connectivity index (χ3n) is 1.53. The van der Waals surface area contributed by atoms with Crippen LogP contribution in [0, 0.1) is 5.41 Å². The second kappa shape index (κ2) is 3.85. The maximum absolute atomic E-state index is 7.47. The van der Waals surface area contributed by atoms with Crippen LogP contribution in [0.25, 0.3) is 0 Å². The number of hydrogen-bond acceptors (Lipinski definition) is 2. The SMILES string of the molecule is CCOC(=N)c1cc[n+](C)cc1. The van der Waals surface area contributed by atoms with Gasteiger partial charge in [0.15, 0.2) is 12.4 Å². The highest BCUT2D eigenvalue weighted by Crippen LogP contribution is 1.97. The zero-order chi connectivity index (χ0) is 8.97. The Balaban J connectivity index is 2.75. The van der Waals surface area contributed by atoms with E-state index >= 15 is 0 Å². The molecule has 0 aliphatic heterocycles. The first-order chi connectivity index (χ1) is 5.74. The molecule has 3 heteroatoms. The van der Waals surface area contributed by atoms with Crippen LogP contribution in [0.15, 0.2) is 24.5 Å². The van der Waals surface area contributed by atoms with Gasteiger partial charge >= 0.3 is 0 Å². The van der Waals surface area contributed by atoms with Crippen LogP contribution < -0.4 is 4.57 Å². The summed E-state index contributed by atoms with van der Waals surface area (Å²) in [6, 6.07) is 3.72. The lowest BCUT2D eigenvalue weighted by atomic mass is 10.3. The topological polar surface area (TPSA) is 37.0 Å². The molecule has 0 aromatic carbocycles. The van der Waals surface area contributed by atoms with Crippen molar-refractivity contribution in [1.82, 2.24) is 0 Å². The van der Waals surface area contributed by atoms with Gasteiger partial charge in [0.2, 0.25) is 5.90 Å². The molecule has 1 aromatic heterocycles. The summed E-state index contributed by atoms with van der Waals surface area (Å²) in [5, 5.41) is 7.47. The molecule has 0 atom stereocenters. The molecular formula is C9H13N2O+. The van der Waals surface area contributed by atoms with Gasteiger partial charge in [0.1, 0.15) is 7.05 Å². The number of pyridine rings is 1. The first-order valence-electron chi connectivity index (χ1n) is 3.91. The van der Waals surface area contributed by atoms with Crippen LogP contribution in [0.3, 0.4) is 0 Å². The molecule has 0 unspecified atom stereocenters. The summed E-state index contributed by atoms with van der Waals surface area (Å²) in [5.74, 6) is 0.234. The van der Waals surface area contributed by atoms with E-state index in [0.717, 1.165) is 5.56 Å². The minimum absolute atomic E-state index is 0.234. The van der Waals surface area contributed by atoms with Gasteiger partial charge < -0.3 is 4.74 Å². The summed E-state index contributed by atoms with van der Waals surface area (Å²) in [5.41, 5.74) is 0.815. The largest absolute Gasteiger partial charge is 0.478 e. The average Bonchev–Trinajstić information content (AvgIpc) is 2.06. The van der Waals surface area contributed by atoms with Crippen molar-refractivity contribution in [2.45, 2.75) is 6.92 Å². The maximum Gasteiger partial charge on any atom is 0.213 e. The van der Waals surface area contributed by atoms with Crippen molar-refractivity contribution in [3.63, 3.8) is 0 Å². The minimum atomic E-state index is 0.234. The van der Waals surface area contributed by atoms with Crippen LogP contribution in [0.1, 0.15) is 12.5 Å². The van der Waals surface area contributed by atoms with E-state index in [-0.39, 0.29) is 5.90 Å². The number of nitrogens with one attached hydrogen (secondary N) is 1. The highest BCUT2D eigenvalue weighted by Gasteiger charge is 2.02. The Bertz CT molecular complexity index is 266. The summed E-state index contributed by atoms with van der Waals surface area (Å²) >= 11 is 0. The summed E-state index contributed by atoms with van der Waals surface area (Å²) in [6.07, 6.45) is 3.78. The van der Waals surface area contributed by atoms with Crippen LogP contribution in [-0.2, 0) is 11.8 Å². The van der Waals surface area contributed by atoms with Crippen molar-refractivity contribution in [2.24, 2.45) is 7.05 Å². The molecule has 0 amide bonds. The number of aryl methyl sites for hydroxylation is 1. The molecule has 0 saturated heterocycles. The number of rotatable bonds is 2. The highest BCUT2D eigenvalue weighted by atomic mass is 16.5. The lowest BCUT2D eigenvalue weighted by Crippen LogP contribution is -2.26. The van der Waals surface area contributed by atoms with Crippen molar-refractivity contribution in [3.8, 4) is 0 Å². The fraction of sp³-hybridized carbons (Fsp3) is 0.333. The van der Waals surface area contributed by atoms with E-state index in [1.165, 1.54) is 0 Å². The molecule has 0 fully saturated rings. The Kier molecular flexibility index (Phi) is 2.80. The second-order valence-corrected chi connectivity index (χ2v) is 2.51. The van der Waals surface area contributed by atoms with Crippen molar-refractivity contribution in [2.75, 3.05) is 6.61 Å². The van der Waals surface area contributed by atoms with Gasteiger partial charge in [-0.15, -0.1) is 0 Å². The Morgan fingerprint density at radius 2 is 2.08 bits per heavy atom. The summed E-state index contributed by atoms with van der Waals surface area (Å²) < 4.78 is 6.96. The number of aromatic nitrogens is 1. The molecule has 12 heavy (non-hydrogen) atoms. The molecule has 0 aliphatic carbocycles. The van der Waals surface area contributed by atoms with Gasteiger partial charge in [0.05, 0.1) is 6.61 Å². The summed E-state index contributed by atoms with van der Waals surface area (Å²) in [7, 11) is 1.94. The first kappa shape index (κ1) is 8.71. The Hall–Kier alpha value is -1.38. The van der Waals surface area contributed by atoms with Crippen LogP contribution in [0.5, 0.6) is 0 Å². The Labute approximate surface area is 72.1 Å². The van der Waals surface area contributed by atoms with Crippen molar-refractivity contribution in [3.05, 3.63) is 30.1 Å². The van der Waals surface area contributed by atoms with Crippen molar-refractivity contribution < 1.29 is 9.30 Å².